The molecule has 6 N–H and O–H groups in total. The molecule has 234 valence electrons. The van der Waals surface area contributed by atoms with Gasteiger partial charge < -0.3 is 36.0 Å². The molecule has 4 aliphatic rings. The monoisotopic (exact) mass is 596 g/mol. The van der Waals surface area contributed by atoms with E-state index in [1.54, 1.807) is 25.1 Å². The summed E-state index contributed by atoms with van der Waals surface area (Å²) < 4.78 is 0. The molecule has 43 heavy (non-hydrogen) atoms. The van der Waals surface area contributed by atoms with Crippen LogP contribution < -0.4 is 10.6 Å². The Bertz CT molecular complexity index is 1450. The maximum absolute atomic E-state index is 14.1. The van der Waals surface area contributed by atoms with E-state index in [1.807, 2.05) is 19.0 Å². The molecular formula is C32H44N4O7. The minimum Gasteiger partial charge on any atom is -0.510 e. The Morgan fingerprint density at radius 3 is 2.26 bits per heavy atom. The third-order valence-corrected chi connectivity index (χ3v) is 10.4. The highest BCUT2D eigenvalue weighted by Crippen LogP contribution is 2.53. The molecule has 1 aromatic carbocycles. The van der Waals surface area contributed by atoms with E-state index in [0.717, 1.165) is 24.2 Å². The summed E-state index contributed by atoms with van der Waals surface area (Å²) in [4.78, 5) is 45.5. The minimum absolute atomic E-state index is 0.0277. The first-order valence-corrected chi connectivity index (χ1v) is 15.0. The Morgan fingerprint density at radius 1 is 1.09 bits per heavy atom. The third kappa shape index (κ3) is 4.55. The number of aliphatic hydroxyl groups excluding tert-OH is 2. The summed E-state index contributed by atoms with van der Waals surface area (Å²) in [5, 5.41) is 45.6. The van der Waals surface area contributed by atoms with Crippen LogP contribution in [0.5, 0.6) is 5.75 Å². The summed E-state index contributed by atoms with van der Waals surface area (Å²) in [5.74, 6) is -6.49. The highest BCUT2D eigenvalue weighted by molar-refractivity contribution is 6.24. The molecule has 0 aliphatic heterocycles. The molecule has 5 rings (SSSR count). The first-order valence-electron chi connectivity index (χ1n) is 15.0. The molecule has 1 saturated carbocycles. The van der Waals surface area contributed by atoms with Crippen LogP contribution in [-0.2, 0) is 22.6 Å². The molecule has 0 bridgehead atoms. The lowest BCUT2D eigenvalue weighted by Crippen LogP contribution is -2.63. The normalized spacial score (nSPS) is 28.1. The number of nitrogens with zero attached hydrogens (tertiary/aromatic N) is 3. The SMILES string of the molecule is CCC1(CN(C)Cc2cc(O)c3c(c2N(C)C)C[C@H]2C[C@H]4[C@H](N(C)C)C(O)=C(C(N)=O)C(=O)[C@@]4(O)C(O)=C2C3=O)CCC1. The second-order valence-corrected chi connectivity index (χ2v) is 13.5. The number of hydrogen-bond acceptors (Lipinski definition) is 10. The van der Waals surface area contributed by atoms with E-state index in [-0.39, 0.29) is 29.7 Å². The molecule has 0 spiro atoms. The van der Waals surface area contributed by atoms with Gasteiger partial charge in [-0.05, 0) is 81.8 Å². The summed E-state index contributed by atoms with van der Waals surface area (Å²) in [7, 11) is 9.08. The van der Waals surface area contributed by atoms with E-state index in [4.69, 9.17) is 5.73 Å². The zero-order chi connectivity index (χ0) is 31.8. The lowest BCUT2D eigenvalue weighted by molar-refractivity contribution is -0.148. The lowest BCUT2D eigenvalue weighted by Gasteiger charge is -2.50. The van der Waals surface area contributed by atoms with Crippen LogP contribution in [0.1, 0.15) is 60.5 Å². The van der Waals surface area contributed by atoms with Crippen LogP contribution >= 0.6 is 0 Å². The van der Waals surface area contributed by atoms with Crippen molar-refractivity contribution in [1.82, 2.24) is 9.80 Å². The van der Waals surface area contributed by atoms with Crippen LogP contribution in [0.25, 0.3) is 0 Å². The third-order valence-electron chi connectivity index (χ3n) is 10.4. The van der Waals surface area contributed by atoms with Gasteiger partial charge >= 0.3 is 0 Å². The molecule has 0 radical (unpaired) electrons. The average molecular weight is 597 g/mol. The van der Waals surface area contributed by atoms with Crippen LogP contribution in [-0.4, -0.2) is 101 Å². The van der Waals surface area contributed by atoms with Gasteiger partial charge in [0.15, 0.2) is 11.4 Å². The lowest BCUT2D eigenvalue weighted by atomic mass is 9.58. The van der Waals surface area contributed by atoms with Crippen molar-refractivity contribution in [1.29, 1.82) is 0 Å². The fourth-order valence-electron chi connectivity index (χ4n) is 8.27. The van der Waals surface area contributed by atoms with Crippen LogP contribution in [0.4, 0.5) is 5.69 Å². The van der Waals surface area contributed by atoms with Gasteiger partial charge in [-0.15, -0.1) is 0 Å². The number of amides is 1. The molecule has 0 heterocycles. The molecule has 11 nitrogen and oxygen atoms in total. The van der Waals surface area contributed by atoms with Crippen molar-refractivity contribution < 1.29 is 34.8 Å². The van der Waals surface area contributed by atoms with Crippen LogP contribution in [0.3, 0.4) is 0 Å². The highest BCUT2D eigenvalue weighted by atomic mass is 16.3. The number of allylic oxidation sites excluding steroid dienone is 1. The summed E-state index contributed by atoms with van der Waals surface area (Å²) in [6.45, 7) is 3.73. The van der Waals surface area contributed by atoms with E-state index in [2.05, 4.69) is 18.9 Å². The summed E-state index contributed by atoms with van der Waals surface area (Å²) in [5.41, 5.74) is 4.46. The number of nitrogens with two attached hydrogens (primary N) is 1. The van der Waals surface area contributed by atoms with Gasteiger partial charge in [-0.3, -0.25) is 19.3 Å². The van der Waals surface area contributed by atoms with Crippen molar-refractivity contribution >= 4 is 23.2 Å². The second kappa shape index (κ2) is 10.6. The first-order chi connectivity index (χ1) is 20.1. The van der Waals surface area contributed by atoms with Crippen molar-refractivity contribution in [3.63, 3.8) is 0 Å². The number of phenols is 1. The smallest absolute Gasteiger partial charge is 0.255 e. The molecule has 4 aliphatic carbocycles. The maximum Gasteiger partial charge on any atom is 0.255 e. The number of fused-ring (bicyclic) bond motifs is 3. The van der Waals surface area contributed by atoms with E-state index in [0.29, 0.717) is 17.5 Å². The molecule has 4 atom stereocenters. The summed E-state index contributed by atoms with van der Waals surface area (Å²) >= 11 is 0. The summed E-state index contributed by atoms with van der Waals surface area (Å²) in [6.07, 6.45) is 5.07. The molecule has 0 unspecified atom stereocenters. The fourth-order valence-corrected chi connectivity index (χ4v) is 8.27. The Labute approximate surface area is 252 Å². The number of ketones is 2. The van der Waals surface area contributed by atoms with Crippen LogP contribution in [0.2, 0.25) is 0 Å². The Morgan fingerprint density at radius 2 is 1.74 bits per heavy atom. The number of primary amides is 1. The molecule has 1 aromatic rings. The predicted octanol–water partition coefficient (Wildman–Crippen LogP) is 2.20. The van der Waals surface area contributed by atoms with Gasteiger partial charge in [-0.25, -0.2) is 0 Å². The zero-order valence-corrected chi connectivity index (χ0v) is 25.9. The molecule has 0 aromatic heterocycles. The molecule has 0 saturated heterocycles. The number of anilines is 1. The van der Waals surface area contributed by atoms with Gasteiger partial charge in [-0.1, -0.05) is 13.3 Å². The number of phenolic OH excluding ortho intramolecular Hbond substituents is 1. The fraction of sp³-hybridized carbons (Fsp3) is 0.594. The molecule has 1 amide bonds. The van der Waals surface area contributed by atoms with E-state index in [9.17, 15) is 34.8 Å². The van der Waals surface area contributed by atoms with Crippen molar-refractivity contribution in [3.05, 3.63) is 45.4 Å². The Kier molecular flexibility index (Phi) is 7.68. The predicted molar refractivity (Wildman–Crippen MR) is 161 cm³/mol. The van der Waals surface area contributed by atoms with Gasteiger partial charge in [-0.2, -0.15) is 0 Å². The molecule has 11 heteroatoms. The minimum atomic E-state index is -2.65. The Balaban J connectivity index is 1.61. The average Bonchev–Trinajstić information content (AvgIpc) is 2.87. The van der Waals surface area contributed by atoms with Gasteiger partial charge in [0.1, 0.15) is 22.8 Å². The largest absolute Gasteiger partial charge is 0.510 e. The zero-order valence-electron chi connectivity index (χ0n) is 25.9. The number of carbonyl (C=O) groups is 3. The molecular weight excluding hydrogens is 552 g/mol. The van der Waals surface area contributed by atoms with Gasteiger partial charge in [0.2, 0.25) is 5.78 Å². The number of rotatable bonds is 8. The van der Waals surface area contributed by atoms with Gasteiger partial charge in [0, 0.05) is 44.4 Å². The Hall–Kier alpha value is -3.41. The van der Waals surface area contributed by atoms with Gasteiger partial charge in [0.05, 0.1) is 11.6 Å². The number of aromatic hydroxyl groups is 1. The highest BCUT2D eigenvalue weighted by Gasteiger charge is 2.63. The van der Waals surface area contributed by atoms with Crippen molar-refractivity contribution in [2.45, 2.75) is 63.6 Å². The van der Waals surface area contributed by atoms with Crippen LogP contribution in [0.15, 0.2) is 28.7 Å². The van der Waals surface area contributed by atoms with Crippen LogP contribution in [0, 0.1) is 17.3 Å². The number of likely N-dealkylation sites (N-methyl/N-ethyl adjacent to an activating group) is 1. The summed E-state index contributed by atoms with van der Waals surface area (Å²) in [6, 6.07) is 0.574. The standard InChI is InChI=1S/C32H44N4O7/c1-7-31(9-8-10-31)15-36(6)14-17-13-20(37)22-18(24(17)34(2)3)11-16-12-19-25(35(4)5)27(39)23(30(33)42)29(41)32(19,43)28(40)21(16)26(22)38/h13,16,19,25,37,39-40,43H,7-12,14-15H2,1-6H3,(H2,33,42)/t16-,19-,25-,32-/m0/s1. The topological polar surface area (TPSA) is 168 Å². The number of carbonyl (C=O) groups excluding carboxylic acids is 3. The van der Waals surface area contributed by atoms with E-state index in [1.165, 1.54) is 19.3 Å². The molecule has 1 fully saturated rings. The first kappa shape index (κ1) is 31.0. The van der Waals surface area contributed by atoms with E-state index < -0.39 is 58.0 Å². The van der Waals surface area contributed by atoms with E-state index >= 15 is 0 Å². The van der Waals surface area contributed by atoms with Gasteiger partial charge in [0.25, 0.3) is 5.91 Å². The maximum atomic E-state index is 14.1. The quantitative estimate of drug-likeness (QED) is 0.281. The second-order valence-electron chi connectivity index (χ2n) is 13.5. The van der Waals surface area contributed by atoms with Crippen molar-refractivity contribution in [2.75, 3.05) is 46.7 Å². The number of aliphatic hydroxyl groups is 3. The van der Waals surface area contributed by atoms with Crippen molar-refractivity contribution in [3.8, 4) is 5.75 Å². The number of hydrogen-bond donors (Lipinski definition) is 5. The number of Topliss-reactive ketones (excluding diaryl/α,β-unsaturated/α-hetero) is 2. The van der Waals surface area contributed by atoms with Crippen molar-refractivity contribution in [2.24, 2.45) is 23.0 Å². The number of benzene rings is 1.